The summed E-state index contributed by atoms with van der Waals surface area (Å²) in [6.45, 7) is 8.43. The van der Waals surface area contributed by atoms with Gasteiger partial charge in [-0.25, -0.2) is 0 Å². The summed E-state index contributed by atoms with van der Waals surface area (Å²) in [5.74, 6) is 0.993. The second kappa shape index (κ2) is 8.13. The highest BCUT2D eigenvalue weighted by Gasteiger charge is 2.01. The molecule has 96 valence electrons. The molecule has 0 saturated heterocycles. The van der Waals surface area contributed by atoms with Gasteiger partial charge in [-0.3, -0.25) is 0 Å². The summed E-state index contributed by atoms with van der Waals surface area (Å²) in [6, 6.07) is 8.89. The molecule has 0 aromatic heterocycles. The Morgan fingerprint density at radius 3 is 2.82 bits per heavy atom. The fourth-order valence-electron chi connectivity index (χ4n) is 1.70. The molecule has 1 unspecified atom stereocenters. The molecule has 0 radical (unpaired) electrons. The third kappa shape index (κ3) is 5.73. The average molecular weight is 235 g/mol. The smallest absolute Gasteiger partial charge is 0.119 e. The van der Waals surface area contributed by atoms with Gasteiger partial charge in [0.1, 0.15) is 5.75 Å². The lowest BCUT2D eigenvalue weighted by Gasteiger charge is -2.14. The fraction of sp³-hybridized carbons (Fsp3) is 0.600. The van der Waals surface area contributed by atoms with E-state index >= 15 is 0 Å². The Morgan fingerprint density at radius 1 is 1.29 bits per heavy atom. The second-order valence-corrected chi connectivity index (χ2v) is 4.49. The SMILES string of the molecule is CCCNC(C)CCOc1cccc(CC)c1. The highest BCUT2D eigenvalue weighted by atomic mass is 16.5. The van der Waals surface area contributed by atoms with Crippen molar-refractivity contribution in [3.8, 4) is 5.75 Å². The number of ether oxygens (including phenoxy) is 1. The number of hydrogen-bond donors (Lipinski definition) is 1. The summed E-state index contributed by atoms with van der Waals surface area (Å²) in [4.78, 5) is 0. The second-order valence-electron chi connectivity index (χ2n) is 4.49. The van der Waals surface area contributed by atoms with Crippen molar-refractivity contribution >= 4 is 0 Å². The van der Waals surface area contributed by atoms with E-state index < -0.39 is 0 Å². The highest BCUT2D eigenvalue weighted by Crippen LogP contribution is 2.14. The summed E-state index contributed by atoms with van der Waals surface area (Å²) in [7, 11) is 0. The van der Waals surface area contributed by atoms with Crippen LogP contribution in [-0.4, -0.2) is 19.2 Å². The van der Waals surface area contributed by atoms with Crippen LogP contribution in [0.15, 0.2) is 24.3 Å². The largest absolute Gasteiger partial charge is 0.494 e. The number of nitrogens with one attached hydrogen (secondary N) is 1. The summed E-state index contributed by atoms with van der Waals surface area (Å²) in [6.07, 6.45) is 3.30. The highest BCUT2D eigenvalue weighted by molar-refractivity contribution is 5.28. The van der Waals surface area contributed by atoms with E-state index in [4.69, 9.17) is 4.74 Å². The molecule has 0 fully saturated rings. The Kier molecular flexibility index (Phi) is 6.71. The molecule has 0 amide bonds. The molecule has 2 nitrogen and oxygen atoms in total. The van der Waals surface area contributed by atoms with Crippen LogP contribution in [0.3, 0.4) is 0 Å². The first kappa shape index (κ1) is 14.0. The maximum Gasteiger partial charge on any atom is 0.119 e. The normalized spacial score (nSPS) is 12.4. The average Bonchev–Trinajstić information content (AvgIpc) is 2.36. The van der Waals surface area contributed by atoms with Crippen LogP contribution in [0, 0.1) is 0 Å². The van der Waals surface area contributed by atoms with Gasteiger partial charge >= 0.3 is 0 Å². The van der Waals surface area contributed by atoms with Crippen LogP contribution in [0.4, 0.5) is 0 Å². The maximum atomic E-state index is 5.76. The molecule has 1 atom stereocenters. The van der Waals surface area contributed by atoms with Gasteiger partial charge in [0.25, 0.3) is 0 Å². The van der Waals surface area contributed by atoms with E-state index in [2.05, 4.69) is 44.3 Å². The Morgan fingerprint density at radius 2 is 2.12 bits per heavy atom. The number of rotatable bonds is 8. The van der Waals surface area contributed by atoms with Gasteiger partial charge in [0.2, 0.25) is 0 Å². The van der Waals surface area contributed by atoms with Crippen LogP contribution in [0.5, 0.6) is 5.75 Å². The van der Waals surface area contributed by atoms with Gasteiger partial charge in [-0.15, -0.1) is 0 Å². The Labute approximate surface area is 105 Å². The molecule has 17 heavy (non-hydrogen) atoms. The summed E-state index contributed by atoms with van der Waals surface area (Å²) >= 11 is 0. The molecule has 1 N–H and O–H groups in total. The van der Waals surface area contributed by atoms with Crippen molar-refractivity contribution < 1.29 is 4.74 Å². The molecule has 0 aliphatic carbocycles. The molecule has 0 bridgehead atoms. The zero-order valence-corrected chi connectivity index (χ0v) is 11.3. The molecule has 1 aromatic rings. The first-order valence-corrected chi connectivity index (χ1v) is 6.71. The third-order valence-corrected chi connectivity index (χ3v) is 2.87. The minimum Gasteiger partial charge on any atom is -0.494 e. The Hall–Kier alpha value is -1.02. The van der Waals surface area contributed by atoms with Gasteiger partial charge in [0.05, 0.1) is 6.61 Å². The van der Waals surface area contributed by atoms with Gasteiger partial charge < -0.3 is 10.1 Å². The van der Waals surface area contributed by atoms with Gasteiger partial charge in [-0.1, -0.05) is 26.0 Å². The monoisotopic (exact) mass is 235 g/mol. The predicted molar refractivity (Wildman–Crippen MR) is 73.7 cm³/mol. The molecular formula is C15H25NO. The lowest BCUT2D eigenvalue weighted by atomic mass is 10.2. The van der Waals surface area contributed by atoms with Crippen LogP contribution >= 0.6 is 0 Å². The standard InChI is InChI=1S/C15H25NO/c1-4-10-16-13(3)9-11-17-15-8-6-7-14(5-2)12-15/h6-8,12-13,16H,4-5,9-11H2,1-3H3. The maximum absolute atomic E-state index is 5.76. The first-order chi connectivity index (χ1) is 8.26. The van der Waals surface area contributed by atoms with Gasteiger partial charge in [-0.2, -0.15) is 0 Å². The molecule has 1 aromatic carbocycles. The lowest BCUT2D eigenvalue weighted by molar-refractivity contribution is 0.290. The van der Waals surface area contributed by atoms with E-state index in [1.807, 2.05) is 6.07 Å². The zero-order valence-electron chi connectivity index (χ0n) is 11.3. The minimum absolute atomic E-state index is 0.532. The van der Waals surface area contributed by atoms with Crippen molar-refractivity contribution in [1.29, 1.82) is 0 Å². The molecule has 2 heteroatoms. The quantitative estimate of drug-likeness (QED) is 0.745. The van der Waals surface area contributed by atoms with E-state index in [0.29, 0.717) is 6.04 Å². The number of hydrogen-bond acceptors (Lipinski definition) is 2. The van der Waals surface area contributed by atoms with E-state index in [1.54, 1.807) is 0 Å². The third-order valence-electron chi connectivity index (χ3n) is 2.87. The van der Waals surface area contributed by atoms with Crippen molar-refractivity contribution in [3.63, 3.8) is 0 Å². The Balaban J connectivity index is 2.25. The Bertz CT molecular complexity index is 312. The fourth-order valence-corrected chi connectivity index (χ4v) is 1.70. The molecule has 0 aliphatic rings. The first-order valence-electron chi connectivity index (χ1n) is 6.71. The van der Waals surface area contributed by atoms with Gasteiger partial charge in [0, 0.05) is 6.04 Å². The zero-order chi connectivity index (χ0) is 12.5. The van der Waals surface area contributed by atoms with E-state index in [-0.39, 0.29) is 0 Å². The summed E-state index contributed by atoms with van der Waals surface area (Å²) in [5, 5.41) is 3.46. The van der Waals surface area contributed by atoms with Crippen LogP contribution in [0.25, 0.3) is 0 Å². The molecule has 0 saturated carbocycles. The van der Waals surface area contributed by atoms with Crippen molar-refractivity contribution in [2.75, 3.05) is 13.2 Å². The molecular weight excluding hydrogens is 210 g/mol. The van der Waals surface area contributed by atoms with Gasteiger partial charge in [0.15, 0.2) is 0 Å². The van der Waals surface area contributed by atoms with E-state index in [1.165, 1.54) is 12.0 Å². The number of benzene rings is 1. The van der Waals surface area contributed by atoms with Crippen LogP contribution < -0.4 is 10.1 Å². The van der Waals surface area contributed by atoms with Crippen molar-refractivity contribution in [2.45, 2.75) is 46.1 Å². The van der Waals surface area contributed by atoms with Crippen LogP contribution in [0.1, 0.15) is 39.2 Å². The minimum atomic E-state index is 0.532. The van der Waals surface area contributed by atoms with E-state index in [0.717, 1.165) is 31.7 Å². The van der Waals surface area contributed by atoms with E-state index in [9.17, 15) is 0 Å². The molecule has 1 rings (SSSR count). The number of aryl methyl sites for hydroxylation is 1. The topological polar surface area (TPSA) is 21.3 Å². The summed E-state index contributed by atoms with van der Waals surface area (Å²) < 4.78 is 5.76. The van der Waals surface area contributed by atoms with Crippen LogP contribution in [0.2, 0.25) is 0 Å². The summed E-state index contributed by atoms with van der Waals surface area (Å²) in [5.41, 5.74) is 1.33. The lowest BCUT2D eigenvalue weighted by Crippen LogP contribution is -2.28. The van der Waals surface area contributed by atoms with Crippen molar-refractivity contribution in [3.05, 3.63) is 29.8 Å². The van der Waals surface area contributed by atoms with Crippen molar-refractivity contribution in [2.24, 2.45) is 0 Å². The van der Waals surface area contributed by atoms with Crippen molar-refractivity contribution in [1.82, 2.24) is 5.32 Å². The van der Waals surface area contributed by atoms with Gasteiger partial charge in [-0.05, 0) is 50.4 Å². The molecule has 0 heterocycles. The van der Waals surface area contributed by atoms with Crippen LogP contribution in [-0.2, 0) is 6.42 Å². The molecule has 0 aliphatic heterocycles. The molecule has 0 spiro atoms. The predicted octanol–water partition coefficient (Wildman–Crippen LogP) is 3.41.